The van der Waals surface area contributed by atoms with Gasteiger partial charge in [-0.2, -0.15) is 0 Å². The summed E-state index contributed by atoms with van der Waals surface area (Å²) in [5.41, 5.74) is 4.77. The van der Waals surface area contributed by atoms with Gasteiger partial charge < -0.3 is 5.32 Å². The molecule has 0 bridgehead atoms. The molecule has 2 aliphatic rings. The average Bonchev–Trinajstić information content (AvgIpc) is 3.05. The number of nitrogens with one attached hydrogen (secondary N) is 1. The zero-order chi connectivity index (χ0) is 17.3. The molecular weight excluding hydrogens is 375 g/mol. The first-order valence-electron chi connectivity index (χ1n) is 9.73. The van der Waals surface area contributed by atoms with Crippen molar-refractivity contribution in [3.8, 4) is 0 Å². The molecule has 2 aromatic rings. The average molecular weight is 407 g/mol. The summed E-state index contributed by atoms with van der Waals surface area (Å²) in [5.74, 6) is 0. The lowest BCUT2D eigenvalue weighted by Gasteiger charge is -2.46. The van der Waals surface area contributed by atoms with E-state index in [2.05, 4.69) is 78.9 Å². The van der Waals surface area contributed by atoms with Crippen LogP contribution in [-0.4, -0.2) is 31.1 Å². The topological polar surface area (TPSA) is 15.3 Å². The Kier molecular flexibility index (Phi) is 7.76. The van der Waals surface area contributed by atoms with Crippen molar-refractivity contribution in [2.75, 3.05) is 14.1 Å². The molecule has 4 rings (SSSR count). The van der Waals surface area contributed by atoms with Crippen molar-refractivity contribution in [2.45, 2.75) is 56.1 Å². The molecule has 0 amide bonds. The Balaban J connectivity index is 0.00000131. The first-order valence-corrected chi connectivity index (χ1v) is 9.73. The summed E-state index contributed by atoms with van der Waals surface area (Å²) in [7, 11) is 4.49. The highest BCUT2D eigenvalue weighted by Gasteiger charge is 2.39. The quantitative estimate of drug-likeness (QED) is 0.769. The van der Waals surface area contributed by atoms with E-state index in [1.807, 2.05) is 0 Å². The molecule has 0 saturated heterocycles. The Hall–Kier alpha value is -1.06. The van der Waals surface area contributed by atoms with Crippen molar-refractivity contribution in [2.24, 2.45) is 0 Å². The van der Waals surface area contributed by atoms with Crippen LogP contribution in [0.25, 0.3) is 0 Å². The fraction of sp³-hybridized carbons (Fsp3) is 0.478. The zero-order valence-corrected chi connectivity index (χ0v) is 18.0. The third kappa shape index (κ3) is 4.51. The van der Waals surface area contributed by atoms with E-state index in [4.69, 9.17) is 0 Å². The maximum absolute atomic E-state index is 3.97. The smallest absolute Gasteiger partial charge is 0.0455 e. The summed E-state index contributed by atoms with van der Waals surface area (Å²) >= 11 is 0. The predicted octanol–water partition coefficient (Wildman–Crippen LogP) is 4.99. The van der Waals surface area contributed by atoms with Gasteiger partial charge in [-0.15, -0.1) is 24.8 Å². The van der Waals surface area contributed by atoms with Crippen LogP contribution in [0, 0.1) is 0 Å². The van der Waals surface area contributed by atoms with Gasteiger partial charge in [0.1, 0.15) is 0 Å². The largest absolute Gasteiger partial charge is 0.311 e. The second-order valence-electron chi connectivity index (χ2n) is 8.11. The summed E-state index contributed by atoms with van der Waals surface area (Å²) in [6.45, 7) is 0. The third-order valence-electron chi connectivity index (χ3n) is 6.50. The van der Waals surface area contributed by atoms with Crippen LogP contribution >= 0.6 is 24.8 Å². The van der Waals surface area contributed by atoms with Gasteiger partial charge in [0.2, 0.25) is 0 Å². The minimum absolute atomic E-state index is 0. The van der Waals surface area contributed by atoms with E-state index in [0.717, 1.165) is 0 Å². The van der Waals surface area contributed by atoms with Gasteiger partial charge >= 0.3 is 0 Å². The van der Waals surface area contributed by atoms with Gasteiger partial charge in [-0.3, -0.25) is 4.90 Å². The van der Waals surface area contributed by atoms with E-state index in [1.165, 1.54) is 44.1 Å². The summed E-state index contributed by atoms with van der Waals surface area (Å²) in [6.07, 6.45) is 7.40. The van der Waals surface area contributed by atoms with Gasteiger partial charge in [-0.05, 0) is 69.3 Å². The van der Waals surface area contributed by atoms with Crippen molar-refractivity contribution in [3.63, 3.8) is 0 Å². The van der Waals surface area contributed by atoms with Crippen molar-refractivity contribution in [3.05, 3.63) is 71.3 Å². The molecule has 2 aromatic carbocycles. The summed E-state index contributed by atoms with van der Waals surface area (Å²) in [6, 6.07) is 21.3. The van der Waals surface area contributed by atoms with E-state index in [9.17, 15) is 0 Å². The van der Waals surface area contributed by atoms with Crippen LogP contribution in [0.1, 0.15) is 42.4 Å². The Morgan fingerprint density at radius 2 is 1.30 bits per heavy atom. The van der Waals surface area contributed by atoms with Crippen molar-refractivity contribution in [1.82, 2.24) is 10.2 Å². The summed E-state index contributed by atoms with van der Waals surface area (Å²) in [4.78, 5) is 2.45. The molecule has 0 radical (unpaired) electrons. The highest BCUT2D eigenvalue weighted by molar-refractivity contribution is 5.85. The molecule has 0 unspecified atom stereocenters. The van der Waals surface area contributed by atoms with Crippen LogP contribution in [0.15, 0.2) is 54.6 Å². The van der Waals surface area contributed by atoms with Gasteiger partial charge in [0.05, 0.1) is 0 Å². The number of benzene rings is 2. The lowest BCUT2D eigenvalue weighted by atomic mass is 9.74. The van der Waals surface area contributed by atoms with E-state index in [0.29, 0.717) is 12.1 Å². The molecule has 0 atom stereocenters. The second kappa shape index (κ2) is 9.43. The fourth-order valence-electron chi connectivity index (χ4n) is 5.01. The van der Waals surface area contributed by atoms with Crippen molar-refractivity contribution < 1.29 is 0 Å². The van der Waals surface area contributed by atoms with Crippen LogP contribution in [0.4, 0.5) is 0 Å². The molecule has 0 heterocycles. The summed E-state index contributed by atoms with van der Waals surface area (Å²) in [5, 5.41) is 3.97. The van der Waals surface area contributed by atoms with E-state index >= 15 is 0 Å². The van der Waals surface area contributed by atoms with E-state index in [-0.39, 0.29) is 30.4 Å². The van der Waals surface area contributed by atoms with E-state index < -0.39 is 0 Å². The first-order chi connectivity index (χ1) is 12.2. The molecule has 0 aliphatic heterocycles. The number of rotatable bonds is 4. The van der Waals surface area contributed by atoms with Gasteiger partial charge in [0.15, 0.2) is 0 Å². The lowest BCUT2D eigenvalue weighted by Crippen LogP contribution is -2.49. The maximum Gasteiger partial charge on any atom is 0.0455 e. The fourth-order valence-corrected chi connectivity index (χ4v) is 5.01. The molecule has 0 aromatic heterocycles. The standard InChI is InChI=1S/C23H30N2.2ClH/c1-25(2)23(20-10-4-3-5-11-20)14-12-21(13-15-23)24-22-16-18-8-6-7-9-19(18)17-22;;/h3-11,21-22,24H,12-17H2,1-2H3;2*1H/t21-,23-;;. The monoisotopic (exact) mass is 406 g/mol. The summed E-state index contributed by atoms with van der Waals surface area (Å²) < 4.78 is 0. The normalized spacial score (nSPS) is 24.8. The lowest BCUT2D eigenvalue weighted by molar-refractivity contribution is 0.0835. The number of hydrogen-bond donors (Lipinski definition) is 1. The minimum Gasteiger partial charge on any atom is -0.311 e. The van der Waals surface area contributed by atoms with E-state index in [1.54, 1.807) is 11.1 Å². The van der Waals surface area contributed by atoms with Gasteiger partial charge in [0, 0.05) is 17.6 Å². The molecule has 4 heteroatoms. The zero-order valence-electron chi connectivity index (χ0n) is 16.4. The molecular formula is C23H32Cl2N2. The number of nitrogens with zero attached hydrogens (tertiary/aromatic N) is 1. The maximum atomic E-state index is 3.97. The molecule has 148 valence electrons. The number of hydrogen-bond acceptors (Lipinski definition) is 2. The van der Waals surface area contributed by atoms with Crippen molar-refractivity contribution in [1.29, 1.82) is 0 Å². The van der Waals surface area contributed by atoms with Gasteiger partial charge in [-0.25, -0.2) is 0 Å². The van der Waals surface area contributed by atoms with Gasteiger partial charge in [-0.1, -0.05) is 54.6 Å². The Morgan fingerprint density at radius 3 is 1.81 bits per heavy atom. The molecule has 1 saturated carbocycles. The first kappa shape index (κ1) is 22.2. The minimum atomic E-state index is 0. The van der Waals surface area contributed by atoms with Crippen LogP contribution in [-0.2, 0) is 18.4 Å². The number of halogens is 2. The van der Waals surface area contributed by atoms with Crippen LogP contribution in [0.3, 0.4) is 0 Å². The predicted molar refractivity (Wildman–Crippen MR) is 119 cm³/mol. The molecule has 1 N–H and O–H groups in total. The third-order valence-corrected chi connectivity index (χ3v) is 6.50. The van der Waals surface area contributed by atoms with Crippen LogP contribution < -0.4 is 5.32 Å². The second-order valence-corrected chi connectivity index (χ2v) is 8.11. The highest BCUT2D eigenvalue weighted by atomic mass is 35.5. The number of fused-ring (bicyclic) bond motifs is 1. The van der Waals surface area contributed by atoms with Crippen molar-refractivity contribution >= 4 is 24.8 Å². The highest BCUT2D eigenvalue weighted by Crippen LogP contribution is 2.41. The SMILES string of the molecule is CN(C)[C@]1(c2ccccc2)CC[C@@H](NC2Cc3ccccc3C2)CC1.Cl.Cl. The molecule has 27 heavy (non-hydrogen) atoms. The Morgan fingerprint density at radius 1 is 0.778 bits per heavy atom. The Bertz CT molecular complexity index is 684. The molecule has 2 aliphatic carbocycles. The molecule has 0 spiro atoms. The Labute approximate surface area is 176 Å². The van der Waals surface area contributed by atoms with Crippen LogP contribution in [0.5, 0.6) is 0 Å². The van der Waals surface area contributed by atoms with Gasteiger partial charge in [0.25, 0.3) is 0 Å². The van der Waals surface area contributed by atoms with Crippen LogP contribution in [0.2, 0.25) is 0 Å². The molecule has 1 fully saturated rings. The molecule has 2 nitrogen and oxygen atoms in total.